The van der Waals surface area contributed by atoms with Gasteiger partial charge in [0, 0.05) is 39.1 Å². The number of likely N-dealkylation sites (tertiary alicyclic amines) is 1. The standard InChI is InChI=1S/C16H20ClNO.C6H4BrCl/c17-15-7-5-13(6-8-15)16(19)14-2-1-9-18(11-14)10-12-3-4-12;7-5-1-3-6(8)4-2-5/h5-8,12,14H,1-4,9-11H2;1-4H. The minimum atomic E-state index is 0.175. The minimum Gasteiger partial charge on any atom is -0.302 e. The Kier molecular flexibility index (Phi) is 7.77. The van der Waals surface area contributed by atoms with Crippen molar-refractivity contribution in [2.45, 2.75) is 25.7 Å². The number of piperidine rings is 1. The summed E-state index contributed by atoms with van der Waals surface area (Å²) in [5, 5.41) is 1.46. The van der Waals surface area contributed by atoms with E-state index in [1.165, 1.54) is 25.9 Å². The summed E-state index contributed by atoms with van der Waals surface area (Å²) in [6, 6.07) is 14.8. The molecule has 0 amide bonds. The lowest BCUT2D eigenvalue weighted by Gasteiger charge is -2.32. The van der Waals surface area contributed by atoms with E-state index >= 15 is 0 Å². The minimum absolute atomic E-state index is 0.175. The first-order valence-electron chi connectivity index (χ1n) is 9.44. The molecule has 1 aliphatic heterocycles. The van der Waals surface area contributed by atoms with E-state index in [2.05, 4.69) is 20.8 Å². The largest absolute Gasteiger partial charge is 0.302 e. The number of carbonyl (C=O) groups is 1. The summed E-state index contributed by atoms with van der Waals surface area (Å²) < 4.78 is 1.06. The predicted octanol–water partition coefficient (Wildman–Crippen LogP) is 6.75. The fourth-order valence-electron chi connectivity index (χ4n) is 3.38. The van der Waals surface area contributed by atoms with Crippen molar-refractivity contribution in [2.75, 3.05) is 19.6 Å². The van der Waals surface area contributed by atoms with Gasteiger partial charge in [0.1, 0.15) is 0 Å². The van der Waals surface area contributed by atoms with Crippen molar-refractivity contribution in [3.05, 3.63) is 68.6 Å². The van der Waals surface area contributed by atoms with E-state index in [1.54, 1.807) is 12.1 Å². The number of nitrogens with zero attached hydrogens (tertiary/aromatic N) is 1. The smallest absolute Gasteiger partial charge is 0.167 e. The fraction of sp³-hybridized carbons (Fsp3) is 0.409. The molecule has 1 saturated heterocycles. The monoisotopic (exact) mass is 467 g/mol. The first-order chi connectivity index (χ1) is 13.0. The second-order valence-electron chi connectivity index (χ2n) is 7.35. The summed E-state index contributed by atoms with van der Waals surface area (Å²) >= 11 is 14.7. The van der Waals surface area contributed by atoms with Crippen molar-refractivity contribution in [2.24, 2.45) is 11.8 Å². The number of halogens is 3. The van der Waals surface area contributed by atoms with E-state index < -0.39 is 0 Å². The van der Waals surface area contributed by atoms with Gasteiger partial charge in [0.05, 0.1) is 0 Å². The molecule has 2 fully saturated rings. The molecule has 0 spiro atoms. The van der Waals surface area contributed by atoms with Crippen molar-refractivity contribution in [1.29, 1.82) is 0 Å². The van der Waals surface area contributed by atoms with Crippen LogP contribution >= 0.6 is 39.1 Å². The first kappa shape index (κ1) is 20.9. The summed E-state index contributed by atoms with van der Waals surface area (Å²) in [6.45, 7) is 3.31. The Hall–Kier alpha value is -0.870. The summed E-state index contributed by atoms with van der Waals surface area (Å²) in [5.41, 5.74) is 0.808. The van der Waals surface area contributed by atoms with Crippen molar-refractivity contribution in [3.8, 4) is 0 Å². The second-order valence-corrected chi connectivity index (χ2v) is 9.14. The van der Waals surface area contributed by atoms with Crippen LogP contribution in [0.25, 0.3) is 0 Å². The van der Waals surface area contributed by atoms with Gasteiger partial charge < -0.3 is 4.90 Å². The van der Waals surface area contributed by atoms with Crippen LogP contribution in [0.3, 0.4) is 0 Å². The van der Waals surface area contributed by atoms with Gasteiger partial charge in [-0.25, -0.2) is 0 Å². The van der Waals surface area contributed by atoms with Crippen molar-refractivity contribution >= 4 is 44.9 Å². The predicted molar refractivity (Wildman–Crippen MR) is 117 cm³/mol. The summed E-state index contributed by atoms with van der Waals surface area (Å²) in [4.78, 5) is 15.0. The fourth-order valence-corrected chi connectivity index (χ4v) is 3.90. The van der Waals surface area contributed by atoms with Crippen molar-refractivity contribution in [1.82, 2.24) is 4.90 Å². The lowest BCUT2D eigenvalue weighted by atomic mass is 9.90. The van der Waals surface area contributed by atoms with E-state index in [0.717, 1.165) is 40.4 Å². The van der Waals surface area contributed by atoms with Crippen LogP contribution in [-0.4, -0.2) is 30.3 Å². The molecule has 0 bridgehead atoms. The maximum atomic E-state index is 12.5. The van der Waals surface area contributed by atoms with Crippen LogP contribution in [0.15, 0.2) is 53.0 Å². The third-order valence-electron chi connectivity index (χ3n) is 5.02. The van der Waals surface area contributed by atoms with Gasteiger partial charge in [-0.2, -0.15) is 0 Å². The number of ketones is 1. The van der Waals surface area contributed by atoms with E-state index in [9.17, 15) is 4.79 Å². The van der Waals surface area contributed by atoms with Crippen molar-refractivity contribution in [3.63, 3.8) is 0 Å². The molecule has 4 rings (SSSR count). The van der Waals surface area contributed by atoms with Gasteiger partial charge in [-0.3, -0.25) is 4.79 Å². The Bertz CT molecular complexity index is 723. The van der Waals surface area contributed by atoms with E-state index in [-0.39, 0.29) is 11.7 Å². The molecule has 1 aliphatic carbocycles. The maximum Gasteiger partial charge on any atom is 0.167 e. The van der Waals surface area contributed by atoms with Gasteiger partial charge in [-0.05, 0) is 86.7 Å². The van der Waals surface area contributed by atoms with Crippen LogP contribution in [0.1, 0.15) is 36.0 Å². The molecule has 1 heterocycles. The average molecular weight is 469 g/mol. The molecule has 5 heteroatoms. The normalized spacial score (nSPS) is 19.9. The first-order valence-corrected chi connectivity index (χ1v) is 11.0. The molecule has 1 saturated carbocycles. The zero-order chi connectivity index (χ0) is 19.2. The van der Waals surface area contributed by atoms with Crippen LogP contribution in [0.4, 0.5) is 0 Å². The van der Waals surface area contributed by atoms with Crippen LogP contribution < -0.4 is 0 Å². The maximum absolute atomic E-state index is 12.5. The van der Waals surface area contributed by atoms with Gasteiger partial charge in [0.2, 0.25) is 0 Å². The summed E-state index contributed by atoms with van der Waals surface area (Å²) in [7, 11) is 0. The molecule has 2 aromatic rings. The molecule has 0 aromatic heterocycles. The number of carbonyl (C=O) groups excluding carboxylic acids is 1. The van der Waals surface area contributed by atoms with E-state index in [1.807, 2.05) is 36.4 Å². The van der Waals surface area contributed by atoms with Gasteiger partial charge in [0.15, 0.2) is 5.78 Å². The molecule has 0 radical (unpaired) electrons. The Balaban J connectivity index is 0.000000221. The average Bonchev–Trinajstić information content (AvgIpc) is 3.49. The van der Waals surface area contributed by atoms with Crippen LogP contribution in [0.5, 0.6) is 0 Å². The highest BCUT2D eigenvalue weighted by Gasteiger charge is 2.30. The Morgan fingerprint density at radius 2 is 1.56 bits per heavy atom. The van der Waals surface area contributed by atoms with Gasteiger partial charge >= 0.3 is 0 Å². The topological polar surface area (TPSA) is 20.3 Å². The molecule has 1 unspecified atom stereocenters. The highest BCUT2D eigenvalue weighted by molar-refractivity contribution is 9.10. The Morgan fingerprint density at radius 3 is 2.11 bits per heavy atom. The van der Waals surface area contributed by atoms with Gasteiger partial charge in [-0.15, -0.1) is 0 Å². The highest BCUT2D eigenvalue weighted by atomic mass is 79.9. The lowest BCUT2D eigenvalue weighted by molar-refractivity contribution is 0.0814. The van der Waals surface area contributed by atoms with Crippen LogP contribution in [0.2, 0.25) is 10.0 Å². The number of rotatable bonds is 4. The number of Topliss-reactive ketones (excluding diaryl/α,β-unsaturated/α-hetero) is 1. The van der Waals surface area contributed by atoms with Gasteiger partial charge in [-0.1, -0.05) is 39.1 Å². The molecule has 144 valence electrons. The third kappa shape index (κ3) is 6.90. The molecule has 2 nitrogen and oxygen atoms in total. The lowest BCUT2D eigenvalue weighted by Crippen LogP contribution is -2.39. The molecular formula is C22H24BrCl2NO. The SMILES string of the molecule is Clc1ccc(Br)cc1.O=C(c1ccc(Cl)cc1)C1CCCN(CC2CC2)C1. The van der Waals surface area contributed by atoms with Crippen molar-refractivity contribution < 1.29 is 4.79 Å². The molecular weight excluding hydrogens is 445 g/mol. The Labute approximate surface area is 180 Å². The quantitative estimate of drug-likeness (QED) is 0.462. The number of hydrogen-bond donors (Lipinski definition) is 0. The summed E-state index contributed by atoms with van der Waals surface area (Å²) in [6.07, 6.45) is 4.94. The molecule has 0 N–H and O–H groups in total. The molecule has 2 aromatic carbocycles. The number of benzene rings is 2. The summed E-state index contributed by atoms with van der Waals surface area (Å²) in [5.74, 6) is 1.37. The second kappa shape index (κ2) is 10.1. The zero-order valence-corrected chi connectivity index (χ0v) is 18.3. The highest BCUT2D eigenvalue weighted by Crippen LogP contribution is 2.31. The van der Waals surface area contributed by atoms with Crippen LogP contribution in [-0.2, 0) is 0 Å². The molecule has 2 aliphatic rings. The molecule has 1 atom stereocenters. The third-order valence-corrected chi connectivity index (χ3v) is 6.05. The molecule has 27 heavy (non-hydrogen) atoms. The number of hydrogen-bond acceptors (Lipinski definition) is 2. The zero-order valence-electron chi connectivity index (χ0n) is 15.2. The van der Waals surface area contributed by atoms with Crippen LogP contribution in [0, 0.1) is 11.8 Å². The Morgan fingerprint density at radius 1 is 0.963 bits per heavy atom. The van der Waals surface area contributed by atoms with E-state index in [0.29, 0.717) is 5.02 Å². The van der Waals surface area contributed by atoms with E-state index in [4.69, 9.17) is 23.2 Å². The van der Waals surface area contributed by atoms with Gasteiger partial charge in [0.25, 0.3) is 0 Å².